The Labute approximate surface area is 837 Å². The third-order valence-electron chi connectivity index (χ3n) is 29.0. The summed E-state index contributed by atoms with van der Waals surface area (Å²) in [7, 11) is 8.58. The van der Waals surface area contributed by atoms with Crippen molar-refractivity contribution in [1.29, 1.82) is 0 Å². The van der Waals surface area contributed by atoms with E-state index in [9.17, 15) is 52.5 Å². The van der Waals surface area contributed by atoms with E-state index < -0.39 is 9.84 Å². The lowest BCUT2D eigenvalue weighted by Gasteiger charge is -2.36. The molecule has 0 bridgehead atoms. The molecule has 16 rings (SSSR count). The van der Waals surface area contributed by atoms with Crippen LogP contribution in [0.15, 0.2) is 193 Å². The van der Waals surface area contributed by atoms with Gasteiger partial charge in [0.2, 0.25) is 5.91 Å². The molecule has 0 aliphatic carbocycles. The van der Waals surface area contributed by atoms with Gasteiger partial charge in [-0.05, 0) is 279 Å². The molecule has 0 atom stereocenters. The highest BCUT2D eigenvalue weighted by Gasteiger charge is 2.41. The zero-order valence-corrected chi connectivity index (χ0v) is 86.4. The molecule has 142 heavy (non-hydrogen) atoms. The molecule has 30 heteroatoms. The molecule has 3 saturated heterocycles. The summed E-state index contributed by atoms with van der Waals surface area (Å²) in [4.78, 5) is 100. The number of hydrogen-bond acceptors (Lipinski definition) is 23. The number of phenolic OH excluding ortho intramolecular Hbond substituents is 3. The molecule has 0 radical (unpaired) electrons. The number of hydrogen-bond donors (Lipinski definition) is 3. The molecule has 760 valence electrons. The molecule has 0 saturated carbocycles. The monoisotopic (exact) mass is 1960 g/mol. The van der Waals surface area contributed by atoms with Gasteiger partial charge < -0.3 is 82.8 Å². The Hall–Kier alpha value is -12.7. The fourth-order valence-electron chi connectivity index (χ4n) is 19.4. The summed E-state index contributed by atoms with van der Waals surface area (Å²) < 4.78 is 60.8. The van der Waals surface area contributed by atoms with Gasteiger partial charge in [-0.1, -0.05) is 97.6 Å². The van der Waals surface area contributed by atoms with Gasteiger partial charge in [-0.3, -0.25) is 38.8 Å². The lowest BCUT2D eigenvalue weighted by molar-refractivity contribution is -0.133. The molecule has 9 aromatic carbocycles. The predicted octanol–water partition coefficient (Wildman–Crippen LogP) is 16.1. The fourth-order valence-corrected chi connectivity index (χ4v) is 20.1. The molecule has 0 unspecified atom stereocenters. The number of nitrogens with zero attached hydrogens (tertiary/aromatic N) is 11. The largest absolute Gasteiger partial charge is 0.504 e. The van der Waals surface area contributed by atoms with Crippen LogP contribution >= 0.6 is 0 Å². The minimum Gasteiger partial charge on any atom is -0.504 e. The lowest BCUT2D eigenvalue weighted by atomic mass is 9.93. The van der Waals surface area contributed by atoms with Crippen molar-refractivity contribution >= 4 is 45.7 Å². The van der Waals surface area contributed by atoms with Crippen molar-refractivity contribution < 1.29 is 85.7 Å². The van der Waals surface area contributed by atoms with Gasteiger partial charge in [-0.2, -0.15) is 0 Å². The normalized spacial score (nSPS) is 15.7. The first kappa shape index (κ1) is 107. The van der Waals surface area contributed by atoms with Crippen molar-refractivity contribution in [1.82, 2.24) is 53.9 Å². The van der Waals surface area contributed by atoms with Crippen LogP contribution < -0.4 is 28.4 Å². The van der Waals surface area contributed by atoms with E-state index in [-0.39, 0.29) is 81.8 Å². The highest BCUT2D eigenvalue weighted by atomic mass is 32.2. The Kier molecular flexibility index (Phi) is 35.3. The van der Waals surface area contributed by atoms with Crippen molar-refractivity contribution in [3.8, 4) is 51.7 Å². The highest BCUT2D eigenvalue weighted by molar-refractivity contribution is 7.90. The van der Waals surface area contributed by atoms with Crippen molar-refractivity contribution in [2.75, 3.05) is 148 Å². The third kappa shape index (κ3) is 26.6. The molecule has 3 N–H and O–H groups in total. The summed E-state index contributed by atoms with van der Waals surface area (Å²) in [6, 6.07) is 55.2. The van der Waals surface area contributed by atoms with Crippen LogP contribution in [0.25, 0.3) is 0 Å². The summed E-state index contributed by atoms with van der Waals surface area (Å²) >= 11 is 0. The number of piperazine rings is 3. The molecule has 0 spiro atoms. The smallest absolute Gasteiger partial charge is 0.415 e. The number of fused-ring (bicyclic) bond motifs is 4. The van der Waals surface area contributed by atoms with Gasteiger partial charge in [-0.15, -0.1) is 0 Å². The fraction of sp³-hybridized carbons (Fsp3) is 0.446. The van der Waals surface area contributed by atoms with Gasteiger partial charge in [0.1, 0.15) is 12.4 Å². The Morgan fingerprint density at radius 2 is 0.697 bits per heavy atom. The second-order valence-corrected chi connectivity index (χ2v) is 42.4. The molecule has 9 aromatic rings. The Morgan fingerprint density at radius 1 is 0.366 bits per heavy atom. The molecule has 7 aliphatic rings. The maximum absolute atomic E-state index is 13.6. The van der Waals surface area contributed by atoms with Gasteiger partial charge >= 0.3 is 12.2 Å². The topological polar surface area (TPSA) is 298 Å². The van der Waals surface area contributed by atoms with Gasteiger partial charge in [0.15, 0.2) is 55.8 Å². The van der Waals surface area contributed by atoms with Crippen molar-refractivity contribution in [3.63, 3.8) is 0 Å². The van der Waals surface area contributed by atoms with E-state index in [2.05, 4.69) is 106 Å². The summed E-state index contributed by atoms with van der Waals surface area (Å²) in [6.45, 7) is 34.3. The van der Waals surface area contributed by atoms with Crippen LogP contribution in [0.3, 0.4) is 0 Å². The maximum atomic E-state index is 13.6. The van der Waals surface area contributed by atoms with Crippen molar-refractivity contribution in [2.45, 2.75) is 186 Å². The van der Waals surface area contributed by atoms with Crippen LogP contribution in [0.5, 0.6) is 51.7 Å². The lowest BCUT2D eigenvalue weighted by Crippen LogP contribution is -2.52. The van der Waals surface area contributed by atoms with Gasteiger partial charge in [-0.25, -0.2) is 18.0 Å². The second-order valence-electron chi connectivity index (χ2n) is 40.4. The van der Waals surface area contributed by atoms with Gasteiger partial charge in [0.05, 0.1) is 47.0 Å². The SMILES string of the molecule is C=CCOC(=O)N1CCN(C(=O)c2cccc3c2CN(C(C)(C)CCc2ccc(O)c(OC)c2)C3)CC1.COc1cc(CCC(C)(C)N2Cc3cccc(C(=O)N4CCN(C(=O)CN(C)C)CC4)c3C2)ccc1O.COc1cc(CCC(C)(C)N2Cc3cccc(C(=O)N4CCN(C(=O)Oc5ccccc5)CC4)c3C2)ccc1O.COc1ccc(CCC(C)(C)N2Cc3ccc(S(C)(=O)=O)cc3C2)cc1OC. The van der Waals surface area contributed by atoms with Crippen molar-refractivity contribution in [2.24, 2.45) is 0 Å². The summed E-state index contributed by atoms with van der Waals surface area (Å²) in [5.41, 5.74) is 15.8. The molecular weight excluding hydrogens is 1820 g/mol. The number of para-hydroxylation sites is 1. The molecule has 0 aromatic heterocycles. The number of carbonyl (C=O) groups excluding carboxylic acids is 6. The van der Waals surface area contributed by atoms with E-state index in [1.807, 2.05) is 154 Å². The first-order chi connectivity index (χ1) is 67.7. The summed E-state index contributed by atoms with van der Waals surface area (Å²) in [5.74, 6) is 4.13. The van der Waals surface area contributed by atoms with Crippen LogP contribution in [-0.4, -0.2) is 283 Å². The van der Waals surface area contributed by atoms with E-state index in [1.165, 1.54) is 34.1 Å². The first-order valence-corrected chi connectivity index (χ1v) is 50.9. The average molecular weight is 1960 g/mol. The van der Waals surface area contributed by atoms with E-state index in [0.717, 1.165) is 164 Å². The number of benzene rings is 9. The van der Waals surface area contributed by atoms with Crippen LogP contribution in [-0.2, 0) is 97.4 Å². The minimum atomic E-state index is -3.18. The number of methoxy groups -OCH3 is 5. The number of phenols is 3. The Balaban J connectivity index is 0.000000160. The van der Waals surface area contributed by atoms with E-state index in [4.69, 9.17) is 33.2 Å². The minimum absolute atomic E-state index is 0.0164. The average Bonchev–Trinajstić information content (AvgIpc) is 1.63. The van der Waals surface area contributed by atoms with Gasteiger partial charge in [0.25, 0.3) is 17.7 Å². The number of likely N-dealkylation sites (N-methyl/N-ethyl adjacent to an activating group) is 1. The maximum Gasteiger partial charge on any atom is 0.415 e. The number of sulfone groups is 1. The highest BCUT2D eigenvalue weighted by Crippen LogP contribution is 2.42. The molecule has 29 nitrogen and oxygen atoms in total. The zero-order chi connectivity index (χ0) is 102. The Bertz CT molecular complexity index is 6080. The molecule has 7 heterocycles. The van der Waals surface area contributed by atoms with Crippen LogP contribution in [0.4, 0.5) is 9.59 Å². The van der Waals surface area contributed by atoms with Crippen LogP contribution in [0.2, 0.25) is 0 Å². The van der Waals surface area contributed by atoms with Crippen LogP contribution in [0.1, 0.15) is 179 Å². The standard InChI is InChI=1S/C32H37N3O5.C29H40N4O4.C29H37N3O5.C22H29NO4S/c1-32(2,15-14-23-12-13-28(36)29(20-23)39-3)35-21-24-8-7-11-26(27(24)22-35)30(37)33-16-18-34(19-17-33)31(38)40-25-9-5-4-6-10-25;1-29(2,12-11-21-9-10-25(34)26(17-21)37-5)33-18-22-7-6-8-23(24(22)19-33)28(36)32-15-13-31(14-16-32)27(35)20-30(3)4;1-5-17-37-28(35)31-15-13-30(14-16-31)27(34)23-8-6-7-22-19-32(20-24(22)23)29(2,3)12-11-21-9-10-25(33)26(18-21)36-4;1-22(2,11-10-16-6-9-20(26-3)21(12-16)27-4)23-14-17-7-8-19(28(5,24)25)13-18(17)15-23/h4-13,20,36H,14-19,21-22H2,1-3H3;6-10,17,34H,11-16,18-20H2,1-5H3;5-10,18,33H,1,11-17,19-20H2,2-4H3;6-9,12-13H,10-11,14-15H2,1-5H3. The van der Waals surface area contributed by atoms with Gasteiger partial charge in [0, 0.05) is 176 Å². The van der Waals surface area contributed by atoms with Crippen LogP contribution in [0, 0.1) is 0 Å². The third-order valence-corrected chi connectivity index (χ3v) is 30.1. The Morgan fingerprint density at radius 3 is 1.06 bits per heavy atom. The second kappa shape index (κ2) is 47.0. The number of amides is 6. The molecule has 6 amide bonds. The molecule has 3 fully saturated rings. The first-order valence-electron chi connectivity index (χ1n) is 49.0. The summed E-state index contributed by atoms with van der Waals surface area (Å²) in [5, 5.41) is 29.7. The number of aryl methyl sites for hydroxylation is 4. The number of rotatable bonds is 30. The number of ether oxygens (including phenoxy) is 7. The quantitative estimate of drug-likeness (QED) is 0.0352. The van der Waals surface area contributed by atoms with Crippen molar-refractivity contribution in [3.05, 3.63) is 272 Å². The summed E-state index contributed by atoms with van der Waals surface area (Å²) in [6.07, 6.45) is 9.28. The molecule has 7 aliphatic heterocycles. The van der Waals surface area contributed by atoms with E-state index in [1.54, 1.807) is 87.8 Å². The van der Waals surface area contributed by atoms with E-state index >= 15 is 0 Å². The molecular formula is C112H143N11O18S. The number of aromatic hydroxyl groups is 3. The van der Waals surface area contributed by atoms with E-state index in [0.29, 0.717) is 120 Å². The predicted molar refractivity (Wildman–Crippen MR) is 549 cm³/mol. The number of carbonyl (C=O) groups is 6. The zero-order valence-electron chi connectivity index (χ0n) is 85.5.